The number of Topliss-reactive ketones (excluding diaryl/α,β-unsaturated/α-hetero) is 1. The number of rotatable bonds is 2. The molecule has 0 aliphatic rings. The molecule has 0 spiro atoms. The molecule has 0 fully saturated rings. The van der Waals surface area contributed by atoms with Crippen LogP contribution in [0.3, 0.4) is 0 Å². The first-order chi connectivity index (χ1) is 8.75. The number of carbonyl (C=O) groups is 1. The molecule has 0 saturated carbocycles. The molecule has 0 heterocycles. The SMILES string of the molecule is O=C(CC#Cc1cccc(Cl)c1)c1ccccc1. The first kappa shape index (κ1) is 12.4. The molecule has 0 amide bonds. The van der Waals surface area contributed by atoms with Crippen LogP contribution in [0, 0.1) is 11.8 Å². The van der Waals surface area contributed by atoms with Crippen LogP contribution in [0.25, 0.3) is 0 Å². The zero-order valence-corrected chi connectivity index (χ0v) is 10.4. The van der Waals surface area contributed by atoms with Crippen LogP contribution in [0.4, 0.5) is 0 Å². The number of benzene rings is 2. The molecule has 0 saturated heterocycles. The summed E-state index contributed by atoms with van der Waals surface area (Å²) in [5, 5.41) is 0.649. The highest BCUT2D eigenvalue weighted by molar-refractivity contribution is 6.30. The molecule has 0 aliphatic carbocycles. The third kappa shape index (κ3) is 3.48. The second-order valence-electron chi connectivity index (χ2n) is 3.78. The lowest BCUT2D eigenvalue weighted by Crippen LogP contribution is -1.96. The minimum Gasteiger partial charge on any atom is -0.293 e. The van der Waals surface area contributed by atoms with E-state index in [2.05, 4.69) is 11.8 Å². The van der Waals surface area contributed by atoms with Crippen LogP contribution in [0.1, 0.15) is 22.3 Å². The lowest BCUT2D eigenvalue weighted by Gasteiger charge is -1.94. The van der Waals surface area contributed by atoms with Gasteiger partial charge in [0.15, 0.2) is 5.78 Å². The van der Waals surface area contributed by atoms with Crippen molar-refractivity contribution in [2.45, 2.75) is 6.42 Å². The van der Waals surface area contributed by atoms with E-state index in [4.69, 9.17) is 11.6 Å². The van der Waals surface area contributed by atoms with E-state index in [1.54, 1.807) is 24.3 Å². The standard InChI is InChI=1S/C16H11ClO/c17-15-10-4-6-13(12-15)7-5-11-16(18)14-8-2-1-3-9-14/h1-4,6,8-10,12H,11H2. The molecule has 1 nitrogen and oxygen atoms in total. The van der Waals surface area contributed by atoms with Crippen LogP contribution >= 0.6 is 11.6 Å². The molecule has 0 unspecified atom stereocenters. The van der Waals surface area contributed by atoms with Crippen LogP contribution in [0.5, 0.6) is 0 Å². The predicted octanol–water partition coefficient (Wildman–Crippen LogP) is 3.96. The lowest BCUT2D eigenvalue weighted by molar-refractivity contribution is 0.0998. The number of ketones is 1. The maximum Gasteiger partial charge on any atom is 0.174 e. The summed E-state index contributed by atoms with van der Waals surface area (Å²) in [6.45, 7) is 0. The number of hydrogen-bond donors (Lipinski definition) is 0. The molecule has 0 N–H and O–H groups in total. The molecule has 0 bridgehead atoms. The third-order valence-electron chi connectivity index (χ3n) is 2.40. The zero-order valence-electron chi connectivity index (χ0n) is 9.69. The van der Waals surface area contributed by atoms with E-state index in [1.807, 2.05) is 30.3 Å². The van der Waals surface area contributed by atoms with Gasteiger partial charge >= 0.3 is 0 Å². The Morgan fingerprint density at radius 3 is 2.56 bits per heavy atom. The molecule has 2 aromatic rings. The highest BCUT2D eigenvalue weighted by Gasteiger charge is 2.01. The Labute approximate surface area is 111 Å². The largest absolute Gasteiger partial charge is 0.293 e. The molecular weight excluding hydrogens is 244 g/mol. The van der Waals surface area contributed by atoms with Gasteiger partial charge in [-0.25, -0.2) is 0 Å². The van der Waals surface area contributed by atoms with Gasteiger partial charge in [-0.05, 0) is 18.2 Å². The average molecular weight is 255 g/mol. The van der Waals surface area contributed by atoms with Crippen molar-refractivity contribution in [3.05, 3.63) is 70.7 Å². The van der Waals surface area contributed by atoms with Gasteiger partial charge in [0, 0.05) is 16.1 Å². The molecule has 0 atom stereocenters. The third-order valence-corrected chi connectivity index (χ3v) is 2.64. The Bertz CT molecular complexity index is 606. The summed E-state index contributed by atoms with van der Waals surface area (Å²) in [5.41, 5.74) is 1.52. The van der Waals surface area contributed by atoms with E-state index in [9.17, 15) is 4.79 Å². The van der Waals surface area contributed by atoms with E-state index in [0.717, 1.165) is 5.56 Å². The summed E-state index contributed by atoms with van der Waals surface area (Å²) in [6.07, 6.45) is 0.219. The Kier molecular flexibility index (Phi) is 4.17. The molecule has 2 heteroatoms. The van der Waals surface area contributed by atoms with Gasteiger partial charge in [0.1, 0.15) is 0 Å². The minimum atomic E-state index is 0.0325. The Balaban J connectivity index is 2.03. The van der Waals surface area contributed by atoms with Crippen LogP contribution in [0.2, 0.25) is 5.02 Å². The first-order valence-electron chi connectivity index (χ1n) is 5.58. The Hall–Kier alpha value is -2.04. The lowest BCUT2D eigenvalue weighted by atomic mass is 10.1. The van der Waals surface area contributed by atoms with E-state index in [0.29, 0.717) is 10.6 Å². The summed E-state index contributed by atoms with van der Waals surface area (Å²) in [7, 11) is 0. The molecule has 88 valence electrons. The number of carbonyl (C=O) groups excluding carboxylic acids is 1. The highest BCUT2D eigenvalue weighted by Crippen LogP contribution is 2.09. The van der Waals surface area contributed by atoms with E-state index >= 15 is 0 Å². The van der Waals surface area contributed by atoms with Crippen LogP contribution < -0.4 is 0 Å². The fourth-order valence-electron chi connectivity index (χ4n) is 1.52. The Morgan fingerprint density at radius 1 is 1.06 bits per heavy atom. The van der Waals surface area contributed by atoms with Crippen molar-refractivity contribution in [1.29, 1.82) is 0 Å². The second kappa shape index (κ2) is 6.05. The number of hydrogen-bond acceptors (Lipinski definition) is 1. The van der Waals surface area contributed by atoms with Gasteiger partial charge in [0.2, 0.25) is 0 Å². The van der Waals surface area contributed by atoms with E-state index < -0.39 is 0 Å². The summed E-state index contributed by atoms with van der Waals surface area (Å²) < 4.78 is 0. The van der Waals surface area contributed by atoms with Crippen LogP contribution in [0.15, 0.2) is 54.6 Å². The van der Waals surface area contributed by atoms with E-state index in [-0.39, 0.29) is 12.2 Å². The van der Waals surface area contributed by atoms with Crippen LogP contribution in [-0.2, 0) is 0 Å². The highest BCUT2D eigenvalue weighted by atomic mass is 35.5. The summed E-state index contributed by atoms with van der Waals surface area (Å²) in [4.78, 5) is 11.8. The van der Waals surface area contributed by atoms with Crippen LogP contribution in [-0.4, -0.2) is 5.78 Å². The van der Waals surface area contributed by atoms with Gasteiger partial charge in [0.05, 0.1) is 6.42 Å². The molecule has 18 heavy (non-hydrogen) atoms. The van der Waals surface area contributed by atoms with Gasteiger partial charge in [-0.2, -0.15) is 0 Å². The maximum atomic E-state index is 11.8. The molecule has 2 rings (SSSR count). The van der Waals surface area contributed by atoms with Crippen molar-refractivity contribution in [2.75, 3.05) is 0 Å². The average Bonchev–Trinajstić information content (AvgIpc) is 2.40. The topological polar surface area (TPSA) is 17.1 Å². The summed E-state index contributed by atoms with van der Waals surface area (Å²) in [6, 6.07) is 16.4. The van der Waals surface area contributed by atoms with Gasteiger partial charge in [-0.3, -0.25) is 4.79 Å². The quantitative estimate of drug-likeness (QED) is 0.586. The van der Waals surface area contributed by atoms with Crippen molar-refractivity contribution in [2.24, 2.45) is 0 Å². The molecular formula is C16H11ClO. The predicted molar refractivity (Wildman–Crippen MR) is 73.7 cm³/mol. The fourth-order valence-corrected chi connectivity index (χ4v) is 1.71. The van der Waals surface area contributed by atoms with E-state index in [1.165, 1.54) is 0 Å². The van der Waals surface area contributed by atoms with Gasteiger partial charge in [-0.1, -0.05) is 59.8 Å². The maximum absolute atomic E-state index is 11.8. The van der Waals surface area contributed by atoms with Crippen molar-refractivity contribution >= 4 is 17.4 Å². The van der Waals surface area contributed by atoms with Gasteiger partial charge < -0.3 is 0 Å². The van der Waals surface area contributed by atoms with Crippen molar-refractivity contribution in [3.8, 4) is 11.8 Å². The zero-order chi connectivity index (χ0) is 12.8. The molecule has 0 aliphatic heterocycles. The minimum absolute atomic E-state index is 0.0325. The van der Waals surface area contributed by atoms with Crippen molar-refractivity contribution in [3.63, 3.8) is 0 Å². The first-order valence-corrected chi connectivity index (χ1v) is 5.96. The molecule has 0 aromatic heterocycles. The van der Waals surface area contributed by atoms with Gasteiger partial charge in [0.25, 0.3) is 0 Å². The monoisotopic (exact) mass is 254 g/mol. The van der Waals surface area contributed by atoms with Crippen molar-refractivity contribution < 1.29 is 4.79 Å². The fraction of sp³-hybridized carbons (Fsp3) is 0.0625. The second-order valence-corrected chi connectivity index (χ2v) is 4.21. The molecule has 0 radical (unpaired) electrons. The summed E-state index contributed by atoms with van der Waals surface area (Å²) >= 11 is 5.85. The van der Waals surface area contributed by atoms with Crippen molar-refractivity contribution in [1.82, 2.24) is 0 Å². The van der Waals surface area contributed by atoms with Gasteiger partial charge in [-0.15, -0.1) is 0 Å². The smallest absolute Gasteiger partial charge is 0.174 e. The Morgan fingerprint density at radius 2 is 1.83 bits per heavy atom. The number of halogens is 1. The molecule has 2 aromatic carbocycles. The normalized spacial score (nSPS) is 9.39. The summed E-state index contributed by atoms with van der Waals surface area (Å²) in [5.74, 6) is 5.83.